The fourth-order valence-electron chi connectivity index (χ4n) is 3.82. The number of fused-ring (bicyclic) bond motifs is 1. The van der Waals surface area contributed by atoms with Gasteiger partial charge in [0.05, 0.1) is 12.6 Å². The van der Waals surface area contributed by atoms with Crippen molar-refractivity contribution in [1.29, 1.82) is 0 Å². The summed E-state index contributed by atoms with van der Waals surface area (Å²) >= 11 is 0. The van der Waals surface area contributed by atoms with Crippen LogP contribution in [0.1, 0.15) is 62.3 Å². The van der Waals surface area contributed by atoms with E-state index in [1.165, 1.54) is 55.2 Å². The Hall–Kier alpha value is -1.35. The van der Waals surface area contributed by atoms with Crippen LogP contribution >= 0.6 is 0 Å². The first-order chi connectivity index (χ1) is 11.1. The van der Waals surface area contributed by atoms with Gasteiger partial charge in [-0.2, -0.15) is 0 Å². The van der Waals surface area contributed by atoms with Crippen molar-refractivity contribution in [2.75, 3.05) is 19.6 Å². The monoisotopic (exact) mass is 314 g/mol. The van der Waals surface area contributed by atoms with E-state index in [2.05, 4.69) is 42.3 Å². The molecule has 3 rings (SSSR count). The third-order valence-corrected chi connectivity index (χ3v) is 5.49. The van der Waals surface area contributed by atoms with Crippen LogP contribution in [0.25, 0.3) is 0 Å². The minimum absolute atomic E-state index is 0.0958. The molecule has 1 N–H and O–H groups in total. The Labute approximate surface area is 140 Å². The van der Waals surface area contributed by atoms with Crippen molar-refractivity contribution in [1.82, 2.24) is 10.2 Å². The van der Waals surface area contributed by atoms with E-state index in [1.54, 1.807) is 0 Å². The normalized spacial score (nSPS) is 20.8. The van der Waals surface area contributed by atoms with Gasteiger partial charge in [-0.1, -0.05) is 25.1 Å². The number of carbonyl (C=O) groups is 1. The summed E-state index contributed by atoms with van der Waals surface area (Å²) in [7, 11) is 0. The standard InChI is InChI=1S/C20H30N2O/c1-15-9-11-22(12-10-15)14-20(23)21-16(2)18-8-7-17-5-3-4-6-19(17)13-18/h7-8,13,15-16H,3-6,9-12,14H2,1-2H3,(H,21,23)/t16-/m1/s1. The minimum Gasteiger partial charge on any atom is -0.348 e. The van der Waals surface area contributed by atoms with Crippen molar-refractivity contribution in [3.63, 3.8) is 0 Å². The zero-order valence-electron chi connectivity index (χ0n) is 14.6. The van der Waals surface area contributed by atoms with E-state index in [9.17, 15) is 4.79 Å². The van der Waals surface area contributed by atoms with Gasteiger partial charge >= 0.3 is 0 Å². The predicted molar refractivity (Wildman–Crippen MR) is 94.5 cm³/mol. The summed E-state index contributed by atoms with van der Waals surface area (Å²) in [6.45, 7) is 7.06. The molecule has 1 aliphatic heterocycles. The van der Waals surface area contributed by atoms with E-state index in [-0.39, 0.29) is 11.9 Å². The van der Waals surface area contributed by atoms with E-state index in [4.69, 9.17) is 0 Å². The van der Waals surface area contributed by atoms with E-state index in [1.807, 2.05) is 0 Å². The number of piperidine rings is 1. The molecule has 0 saturated carbocycles. The van der Waals surface area contributed by atoms with Crippen molar-refractivity contribution < 1.29 is 4.79 Å². The van der Waals surface area contributed by atoms with Crippen molar-refractivity contribution in [2.24, 2.45) is 5.92 Å². The number of carbonyl (C=O) groups excluding carboxylic acids is 1. The van der Waals surface area contributed by atoms with Crippen molar-refractivity contribution >= 4 is 5.91 Å². The van der Waals surface area contributed by atoms with Crippen LogP contribution in [0.3, 0.4) is 0 Å². The van der Waals surface area contributed by atoms with E-state index < -0.39 is 0 Å². The Morgan fingerprint density at radius 3 is 2.65 bits per heavy atom. The molecule has 1 amide bonds. The second-order valence-corrected chi connectivity index (χ2v) is 7.48. The lowest BCUT2D eigenvalue weighted by Crippen LogP contribution is -2.41. The molecular weight excluding hydrogens is 284 g/mol. The van der Waals surface area contributed by atoms with Crippen LogP contribution in [-0.2, 0) is 17.6 Å². The van der Waals surface area contributed by atoms with Crippen molar-refractivity contribution in [3.8, 4) is 0 Å². The number of rotatable bonds is 4. The summed E-state index contributed by atoms with van der Waals surface area (Å²) < 4.78 is 0. The molecule has 0 radical (unpaired) electrons. The summed E-state index contributed by atoms with van der Waals surface area (Å²) in [6, 6.07) is 6.86. The molecule has 126 valence electrons. The first-order valence-corrected chi connectivity index (χ1v) is 9.25. The van der Waals surface area contributed by atoms with Gasteiger partial charge < -0.3 is 5.32 Å². The molecule has 1 fully saturated rings. The first kappa shape index (κ1) is 16.5. The van der Waals surface area contributed by atoms with E-state index >= 15 is 0 Å². The molecule has 2 aliphatic rings. The molecule has 1 aromatic rings. The maximum absolute atomic E-state index is 12.3. The summed E-state index contributed by atoms with van der Waals surface area (Å²) in [4.78, 5) is 14.6. The average molecular weight is 314 g/mol. The minimum atomic E-state index is 0.0958. The Bertz CT molecular complexity index is 547. The van der Waals surface area contributed by atoms with E-state index in [0.717, 1.165) is 19.0 Å². The van der Waals surface area contributed by atoms with Crippen LogP contribution in [0.4, 0.5) is 0 Å². The maximum Gasteiger partial charge on any atom is 0.234 e. The quantitative estimate of drug-likeness (QED) is 0.923. The number of amides is 1. The Kier molecular flexibility index (Phi) is 5.37. The smallest absolute Gasteiger partial charge is 0.234 e. The summed E-state index contributed by atoms with van der Waals surface area (Å²) in [5.74, 6) is 0.966. The Morgan fingerprint density at radius 1 is 1.22 bits per heavy atom. The zero-order chi connectivity index (χ0) is 16.2. The van der Waals surface area contributed by atoms with Crippen LogP contribution in [0.5, 0.6) is 0 Å². The lowest BCUT2D eigenvalue weighted by Gasteiger charge is -2.30. The van der Waals surface area contributed by atoms with Gasteiger partial charge in [0.1, 0.15) is 0 Å². The van der Waals surface area contributed by atoms with Crippen molar-refractivity contribution in [2.45, 2.75) is 58.4 Å². The Balaban J connectivity index is 1.54. The van der Waals surface area contributed by atoms with Gasteiger partial charge in [0.2, 0.25) is 5.91 Å². The van der Waals surface area contributed by atoms with Gasteiger partial charge in [0, 0.05) is 0 Å². The third-order valence-electron chi connectivity index (χ3n) is 5.49. The number of benzene rings is 1. The fourth-order valence-corrected chi connectivity index (χ4v) is 3.82. The molecule has 0 spiro atoms. The number of hydrogen-bond donors (Lipinski definition) is 1. The highest BCUT2D eigenvalue weighted by molar-refractivity contribution is 5.78. The third kappa shape index (κ3) is 4.35. The highest BCUT2D eigenvalue weighted by Gasteiger charge is 2.19. The molecule has 3 heteroatoms. The zero-order valence-corrected chi connectivity index (χ0v) is 14.6. The van der Waals surface area contributed by atoms with Crippen LogP contribution in [0, 0.1) is 5.92 Å². The highest BCUT2D eigenvalue weighted by Crippen LogP contribution is 2.24. The molecule has 1 aromatic carbocycles. The lowest BCUT2D eigenvalue weighted by molar-refractivity contribution is -0.123. The maximum atomic E-state index is 12.3. The molecule has 0 bridgehead atoms. The largest absolute Gasteiger partial charge is 0.348 e. The molecule has 1 saturated heterocycles. The molecule has 3 nitrogen and oxygen atoms in total. The van der Waals surface area contributed by atoms with Gasteiger partial charge in [0.15, 0.2) is 0 Å². The van der Waals surface area contributed by atoms with Crippen LogP contribution in [0.2, 0.25) is 0 Å². The van der Waals surface area contributed by atoms with Gasteiger partial charge in [0.25, 0.3) is 0 Å². The van der Waals surface area contributed by atoms with Crippen LogP contribution < -0.4 is 5.32 Å². The number of hydrogen-bond acceptors (Lipinski definition) is 2. The summed E-state index contributed by atoms with van der Waals surface area (Å²) in [5, 5.41) is 3.18. The van der Waals surface area contributed by atoms with Crippen LogP contribution in [0.15, 0.2) is 18.2 Å². The molecule has 1 heterocycles. The van der Waals surface area contributed by atoms with Gasteiger partial charge in [-0.3, -0.25) is 9.69 Å². The van der Waals surface area contributed by atoms with Gasteiger partial charge in [-0.15, -0.1) is 0 Å². The van der Waals surface area contributed by atoms with E-state index in [0.29, 0.717) is 6.54 Å². The number of nitrogens with one attached hydrogen (secondary N) is 1. The number of nitrogens with zero attached hydrogens (tertiary/aromatic N) is 1. The van der Waals surface area contributed by atoms with Gasteiger partial charge in [-0.05, 0) is 81.1 Å². The average Bonchev–Trinajstić information content (AvgIpc) is 2.56. The van der Waals surface area contributed by atoms with Crippen LogP contribution in [-0.4, -0.2) is 30.4 Å². The topological polar surface area (TPSA) is 32.3 Å². The predicted octanol–water partition coefficient (Wildman–Crippen LogP) is 3.47. The molecule has 0 unspecified atom stereocenters. The fraction of sp³-hybridized carbons (Fsp3) is 0.650. The second-order valence-electron chi connectivity index (χ2n) is 7.48. The molecule has 0 aromatic heterocycles. The first-order valence-electron chi connectivity index (χ1n) is 9.25. The molecule has 1 atom stereocenters. The highest BCUT2D eigenvalue weighted by atomic mass is 16.2. The number of aryl methyl sites for hydroxylation is 2. The molecule has 1 aliphatic carbocycles. The molecule has 23 heavy (non-hydrogen) atoms. The number of likely N-dealkylation sites (tertiary alicyclic amines) is 1. The molecular formula is C20H30N2O. The second kappa shape index (κ2) is 7.48. The van der Waals surface area contributed by atoms with Gasteiger partial charge in [-0.25, -0.2) is 0 Å². The van der Waals surface area contributed by atoms with Crippen molar-refractivity contribution in [3.05, 3.63) is 34.9 Å². The SMILES string of the molecule is CC1CCN(CC(=O)N[C@H](C)c2ccc3c(c2)CCCC3)CC1. The summed E-state index contributed by atoms with van der Waals surface area (Å²) in [5.41, 5.74) is 4.23. The summed E-state index contributed by atoms with van der Waals surface area (Å²) in [6.07, 6.45) is 7.44. The Morgan fingerprint density at radius 2 is 1.91 bits per heavy atom. The lowest BCUT2D eigenvalue weighted by atomic mass is 9.89.